The first-order chi connectivity index (χ1) is 70.5. The van der Waals surface area contributed by atoms with Gasteiger partial charge in [-0.15, -0.1) is 0 Å². The number of carbonyl (C=O) groups excluding carboxylic acids is 10. The minimum Gasteiger partial charge on any atom is -0.457 e. The number of aryl methyl sites for hydroxylation is 6. The molecule has 35 heteroatoms. The minimum absolute atomic E-state index is 0.00252. The van der Waals surface area contributed by atoms with Crippen molar-refractivity contribution in [2.75, 3.05) is 39.5 Å². The number of carbonyl (C=O) groups is 10. The maximum absolute atomic E-state index is 14.2. The van der Waals surface area contributed by atoms with E-state index in [-0.39, 0.29) is 94.1 Å². The lowest BCUT2D eigenvalue weighted by Crippen LogP contribution is -2.58. The zero-order chi connectivity index (χ0) is 103. The van der Waals surface area contributed by atoms with E-state index in [9.17, 15) is 56.4 Å². The van der Waals surface area contributed by atoms with Gasteiger partial charge in [0.25, 0.3) is 0 Å². The molecule has 0 spiro atoms. The van der Waals surface area contributed by atoms with Gasteiger partial charge >= 0.3 is 0 Å². The van der Waals surface area contributed by atoms with Gasteiger partial charge < -0.3 is 72.3 Å². The number of amides is 10. The molecule has 7 heterocycles. The number of hydrogen-bond donors (Lipinski definition) is 11. The number of fused-ring (bicyclic) bond motifs is 12. The summed E-state index contributed by atoms with van der Waals surface area (Å²) in [7, 11) is 3.61. The van der Waals surface area contributed by atoms with E-state index in [0.717, 1.165) is 80.5 Å². The van der Waals surface area contributed by atoms with Crippen LogP contribution in [0.4, 0.5) is 0 Å². The molecule has 3 aromatic heterocycles. The summed E-state index contributed by atoms with van der Waals surface area (Å²) in [5.74, 6) is -0.981. The highest BCUT2D eigenvalue weighted by atomic mass is 32.2. The van der Waals surface area contributed by atoms with Crippen LogP contribution in [-0.4, -0.2) is 200 Å². The van der Waals surface area contributed by atoms with Crippen LogP contribution >= 0.6 is 0 Å². The van der Waals surface area contributed by atoms with Gasteiger partial charge in [-0.3, -0.25) is 66.9 Å². The number of benzene rings is 9. The van der Waals surface area contributed by atoms with Crippen molar-refractivity contribution in [1.82, 2.24) is 97.0 Å². The predicted octanol–water partition coefficient (Wildman–Crippen LogP) is 9.14. The number of sulfonamides is 1. The molecular weight excluding hydrogens is 1870 g/mol. The number of nitrogens with one attached hydrogen (secondary N) is 11. The SMILES string of the molecule is CCN(CC)[C@H]1Cc2cccc(c2)Oc2cccc(c2)C[C@@H](C(=O)NCc2cnn(C)c2)NC(=O)[C@H](CCc2ccccc2)NC1=O.CN1CCC(C(=O)N[C@H]2Cc3cccc(c3)Oc3cccc(c3)C[C@@H](C(=O)NCc3cnn(C)c3)NC(=O)[C@H](CCc3ccccc3)NC2=O)CC1.Cn1cc(CNC(=O)[C@@H]2Cc3cccc(c3)Oc3cccc(c3)C[C@H](NS(C)(=O)=O)C(=O)N[C@@H](CCc3ccccc3)C(=O)N2)cn1. The monoisotopic (exact) mass is 2000 g/mol. The van der Waals surface area contributed by atoms with E-state index in [0.29, 0.717) is 98.1 Å². The van der Waals surface area contributed by atoms with Gasteiger partial charge in [0.2, 0.25) is 69.1 Å². The number of aromatic nitrogens is 6. The molecule has 146 heavy (non-hydrogen) atoms. The third-order valence-electron chi connectivity index (χ3n) is 25.8. The van der Waals surface area contributed by atoms with E-state index in [2.05, 4.69) is 83.0 Å². The Balaban J connectivity index is 0.000000173. The molecule has 12 bridgehead atoms. The van der Waals surface area contributed by atoms with Crippen LogP contribution in [0.25, 0.3) is 0 Å². The Morgan fingerprint density at radius 3 is 0.973 bits per heavy atom. The topological polar surface area (TPSA) is 425 Å². The number of nitrogens with zero attached hydrogens (tertiary/aromatic N) is 8. The van der Waals surface area contributed by atoms with Crippen LogP contribution in [0, 0.1) is 5.92 Å². The van der Waals surface area contributed by atoms with Crippen LogP contribution in [0.5, 0.6) is 34.5 Å². The molecule has 0 radical (unpaired) electrons. The molecule has 0 saturated carbocycles. The second-order valence-corrected chi connectivity index (χ2v) is 39.2. The Hall–Kier alpha value is -15.5. The lowest BCUT2D eigenvalue weighted by atomic mass is 9.95. The number of likely N-dealkylation sites (tertiary alicyclic amines) is 1. The second kappa shape index (κ2) is 52.2. The van der Waals surface area contributed by atoms with E-state index in [4.69, 9.17) is 14.2 Å². The van der Waals surface area contributed by atoms with Crippen molar-refractivity contribution in [2.24, 2.45) is 27.1 Å². The molecule has 0 aliphatic carbocycles. The molecule has 34 nitrogen and oxygen atoms in total. The van der Waals surface area contributed by atoms with E-state index in [1.165, 1.54) is 0 Å². The first-order valence-corrected chi connectivity index (χ1v) is 51.4. The lowest BCUT2D eigenvalue weighted by molar-refractivity contribution is -0.134. The molecule has 11 N–H and O–H groups in total. The van der Waals surface area contributed by atoms with Gasteiger partial charge in [0.1, 0.15) is 82.8 Å². The van der Waals surface area contributed by atoms with Gasteiger partial charge in [-0.05, 0) is 220 Å². The number of ether oxygens (including phenoxy) is 3. The highest BCUT2D eigenvalue weighted by Crippen LogP contribution is 2.31. The van der Waals surface area contributed by atoms with Crippen LogP contribution < -0.4 is 72.1 Å². The van der Waals surface area contributed by atoms with Gasteiger partial charge in [-0.2, -0.15) is 15.3 Å². The smallest absolute Gasteiger partial charge is 0.243 e. The molecule has 12 aromatic rings. The third kappa shape index (κ3) is 32.8. The molecule has 4 aliphatic rings. The van der Waals surface area contributed by atoms with Crippen molar-refractivity contribution in [3.05, 3.63) is 341 Å². The fourth-order valence-corrected chi connectivity index (χ4v) is 18.8. The Kier molecular flexibility index (Phi) is 38.0. The summed E-state index contributed by atoms with van der Waals surface area (Å²) in [6.07, 6.45) is 16.4. The standard InChI is InChI=1S/C40H47N7O5.C37H44N6O4.C34H38N6O6S/c1-46-18-16-31(17-19-46)37(48)44-36-23-29-11-7-13-33(21-29)52-32-12-6-10-28(20-32)22-35(38(49)41-24-30-25-42-47(2)26-30)45-39(50)34(43-40(36)51)15-14-27-8-4-3-5-9-27;1-4-43(5-2)34-22-28-14-10-16-31(20-28)47-30-15-9-13-27(19-30)21-33(35(44)38-23-29-24-39-42(3)25-29)41-36(45)32(40-37(34)46)18-17-26-11-7-6-8-12-26;1-40-22-26(21-36-40)20-35-32(41)30-18-24-10-6-12-27(16-24)46-28-13-7-11-25(17-28)19-31(39-47(2,44)45)34(43)37-29(33(42)38-30)15-14-23-8-4-3-5-9-23/h3-13,20-21,25-26,31,34-36H,14-19,22-24H2,1-2H3,(H,41,49)(H,43,51)(H,44,48)(H,45,50);6-16,19-20,24-25,32-34H,4-5,17-18,21-23H2,1-3H3,(H,38,44)(H,40,46)(H,41,45);3-13,16-17,21-22,29-31,39H,14-15,18-20H2,1-2H3,(H,35,41)(H,37,43)(H,38,42)/t34-,35-,36-;32-,33-,34-;29-,30-,31-/m000/s1. The highest BCUT2D eigenvalue weighted by molar-refractivity contribution is 7.88. The first-order valence-electron chi connectivity index (χ1n) is 49.5. The molecule has 9 aromatic carbocycles. The van der Waals surface area contributed by atoms with Crippen LogP contribution in [-0.2, 0) is 157 Å². The molecule has 0 unspecified atom stereocenters. The van der Waals surface area contributed by atoms with E-state index in [1.54, 1.807) is 95.4 Å². The summed E-state index contributed by atoms with van der Waals surface area (Å²) in [5, 5.41) is 41.9. The molecule has 1 saturated heterocycles. The number of hydrogen-bond acceptors (Lipinski definition) is 20. The summed E-state index contributed by atoms with van der Waals surface area (Å²) in [6, 6.07) is 65.0. The number of rotatable bonds is 25. The summed E-state index contributed by atoms with van der Waals surface area (Å²) in [4.78, 5) is 143. The van der Waals surface area contributed by atoms with E-state index >= 15 is 0 Å². The van der Waals surface area contributed by atoms with Crippen molar-refractivity contribution < 1.29 is 70.6 Å². The first kappa shape index (κ1) is 106. The molecule has 10 amide bonds. The van der Waals surface area contributed by atoms with Crippen LogP contribution in [0.15, 0.2) is 274 Å². The van der Waals surface area contributed by atoms with Crippen LogP contribution in [0.3, 0.4) is 0 Å². The number of likely N-dealkylation sites (N-methyl/N-ethyl adjacent to an activating group) is 1. The third-order valence-corrected chi connectivity index (χ3v) is 26.6. The van der Waals surface area contributed by atoms with Crippen molar-refractivity contribution in [1.29, 1.82) is 0 Å². The molecule has 1 fully saturated rings. The highest BCUT2D eigenvalue weighted by Gasteiger charge is 2.37. The average Bonchev–Trinajstić information content (AvgIpc) is 1.09. The molecule has 4 aliphatic heterocycles. The minimum atomic E-state index is -3.81. The van der Waals surface area contributed by atoms with Crippen molar-refractivity contribution in [2.45, 2.75) is 178 Å². The molecule has 16 rings (SSSR count). The average molecular weight is 2000 g/mol. The van der Waals surface area contributed by atoms with Crippen molar-refractivity contribution in [3.63, 3.8) is 0 Å². The fraction of sp³-hybridized carbons (Fsp3) is 0.342. The second-order valence-electron chi connectivity index (χ2n) is 37.4. The maximum Gasteiger partial charge on any atom is 0.243 e. The van der Waals surface area contributed by atoms with Crippen LogP contribution in [0.1, 0.15) is 113 Å². The van der Waals surface area contributed by atoms with Crippen molar-refractivity contribution in [3.8, 4) is 34.5 Å². The van der Waals surface area contributed by atoms with Crippen molar-refractivity contribution >= 4 is 69.1 Å². The Bertz CT molecular complexity index is 6570. The normalized spacial score (nSPS) is 19.2. The van der Waals surface area contributed by atoms with E-state index in [1.807, 2.05) is 234 Å². The van der Waals surface area contributed by atoms with Crippen LogP contribution in [0.2, 0.25) is 0 Å². The van der Waals surface area contributed by atoms with Gasteiger partial charge in [0.15, 0.2) is 0 Å². The Labute approximate surface area is 851 Å². The van der Waals surface area contributed by atoms with E-state index < -0.39 is 99.8 Å². The zero-order valence-corrected chi connectivity index (χ0v) is 84.0. The summed E-state index contributed by atoms with van der Waals surface area (Å²) in [6.45, 7) is 7.67. The fourth-order valence-electron chi connectivity index (χ4n) is 18.1. The number of piperidine rings is 1. The lowest BCUT2D eigenvalue weighted by Gasteiger charge is -2.31. The molecular formula is C111H129N19O15S. The molecule has 9 atom stereocenters. The Morgan fingerprint density at radius 1 is 0.363 bits per heavy atom. The predicted molar refractivity (Wildman–Crippen MR) is 553 cm³/mol. The Morgan fingerprint density at radius 2 is 0.664 bits per heavy atom. The summed E-state index contributed by atoms with van der Waals surface area (Å²) in [5.41, 5.74) is 10.2. The largest absolute Gasteiger partial charge is 0.457 e. The maximum atomic E-state index is 14.2. The summed E-state index contributed by atoms with van der Waals surface area (Å²) < 4.78 is 50.6. The summed E-state index contributed by atoms with van der Waals surface area (Å²) >= 11 is 0. The quantitative estimate of drug-likeness (QED) is 0.0254. The van der Waals surface area contributed by atoms with Gasteiger partial charge in [0.05, 0.1) is 30.9 Å². The molecule has 764 valence electrons. The van der Waals surface area contributed by atoms with Gasteiger partial charge in [0, 0.05) is 108 Å². The van der Waals surface area contributed by atoms with Gasteiger partial charge in [-0.1, -0.05) is 178 Å². The zero-order valence-electron chi connectivity index (χ0n) is 83.2. The van der Waals surface area contributed by atoms with Gasteiger partial charge in [-0.25, -0.2) is 13.1 Å².